The van der Waals surface area contributed by atoms with Gasteiger partial charge in [-0.3, -0.25) is 4.79 Å². The SMILES string of the molecule is Cc1cc(Nc2ccc(NC(=O)c3cccs3)cc2)no1. The third-order valence-electron chi connectivity index (χ3n) is 2.79. The molecule has 0 aliphatic carbocycles. The number of thiophene rings is 1. The van der Waals surface area contributed by atoms with Crippen molar-refractivity contribution in [2.75, 3.05) is 10.6 Å². The number of carbonyl (C=O) groups excluding carboxylic acids is 1. The molecule has 0 saturated carbocycles. The summed E-state index contributed by atoms with van der Waals surface area (Å²) in [6.45, 7) is 1.83. The van der Waals surface area contributed by atoms with E-state index >= 15 is 0 Å². The van der Waals surface area contributed by atoms with Crippen molar-refractivity contribution in [3.05, 3.63) is 58.5 Å². The topological polar surface area (TPSA) is 67.2 Å². The lowest BCUT2D eigenvalue weighted by Gasteiger charge is -2.06. The first-order valence-electron chi connectivity index (χ1n) is 6.36. The van der Waals surface area contributed by atoms with Crippen LogP contribution >= 0.6 is 11.3 Å². The molecule has 0 spiro atoms. The molecule has 106 valence electrons. The number of amides is 1. The summed E-state index contributed by atoms with van der Waals surface area (Å²) in [5, 5.41) is 11.7. The molecule has 1 aromatic carbocycles. The van der Waals surface area contributed by atoms with Gasteiger partial charge in [0.1, 0.15) is 5.76 Å². The van der Waals surface area contributed by atoms with Gasteiger partial charge in [-0.05, 0) is 42.6 Å². The first-order valence-corrected chi connectivity index (χ1v) is 7.24. The van der Waals surface area contributed by atoms with Crippen molar-refractivity contribution in [2.45, 2.75) is 6.92 Å². The zero-order chi connectivity index (χ0) is 14.7. The third-order valence-corrected chi connectivity index (χ3v) is 3.66. The van der Waals surface area contributed by atoms with Crippen LogP contribution in [0.25, 0.3) is 0 Å². The molecule has 3 rings (SSSR count). The van der Waals surface area contributed by atoms with E-state index in [0.717, 1.165) is 17.1 Å². The Labute approximate surface area is 125 Å². The predicted molar refractivity (Wildman–Crippen MR) is 83.2 cm³/mol. The first kappa shape index (κ1) is 13.4. The number of anilines is 3. The predicted octanol–water partition coefficient (Wildman–Crippen LogP) is 4.04. The van der Waals surface area contributed by atoms with Crippen LogP contribution in [0.4, 0.5) is 17.2 Å². The van der Waals surface area contributed by atoms with Crippen molar-refractivity contribution in [1.29, 1.82) is 0 Å². The Morgan fingerprint density at radius 3 is 2.57 bits per heavy atom. The van der Waals surface area contributed by atoms with Crippen molar-refractivity contribution < 1.29 is 9.32 Å². The highest BCUT2D eigenvalue weighted by Gasteiger charge is 2.06. The summed E-state index contributed by atoms with van der Waals surface area (Å²) in [7, 11) is 0. The van der Waals surface area contributed by atoms with E-state index in [1.165, 1.54) is 11.3 Å². The molecule has 21 heavy (non-hydrogen) atoms. The van der Waals surface area contributed by atoms with E-state index in [9.17, 15) is 4.79 Å². The number of aryl methyl sites for hydroxylation is 1. The molecule has 0 bridgehead atoms. The molecule has 0 radical (unpaired) electrons. The van der Waals surface area contributed by atoms with E-state index < -0.39 is 0 Å². The van der Waals surface area contributed by atoms with Crippen LogP contribution in [0.5, 0.6) is 0 Å². The molecular weight excluding hydrogens is 286 g/mol. The van der Waals surface area contributed by atoms with Gasteiger partial charge >= 0.3 is 0 Å². The van der Waals surface area contributed by atoms with E-state index in [4.69, 9.17) is 4.52 Å². The second-order valence-electron chi connectivity index (χ2n) is 4.46. The Morgan fingerprint density at radius 2 is 1.95 bits per heavy atom. The molecule has 0 atom stereocenters. The fourth-order valence-corrected chi connectivity index (χ4v) is 2.43. The maximum Gasteiger partial charge on any atom is 0.265 e. The smallest absolute Gasteiger partial charge is 0.265 e. The van der Waals surface area contributed by atoms with Crippen LogP contribution in [0.3, 0.4) is 0 Å². The van der Waals surface area contributed by atoms with Crippen LogP contribution in [-0.4, -0.2) is 11.1 Å². The molecular formula is C15H13N3O2S. The minimum absolute atomic E-state index is 0.0992. The number of carbonyl (C=O) groups is 1. The van der Waals surface area contributed by atoms with Crippen molar-refractivity contribution in [1.82, 2.24) is 5.16 Å². The lowest BCUT2D eigenvalue weighted by Crippen LogP contribution is -2.09. The minimum Gasteiger partial charge on any atom is -0.360 e. The molecule has 3 aromatic rings. The molecule has 6 heteroatoms. The minimum atomic E-state index is -0.0992. The molecule has 5 nitrogen and oxygen atoms in total. The summed E-state index contributed by atoms with van der Waals surface area (Å²) in [5.74, 6) is 1.30. The number of nitrogens with zero attached hydrogens (tertiary/aromatic N) is 1. The van der Waals surface area contributed by atoms with Crippen molar-refractivity contribution >= 4 is 34.4 Å². The van der Waals surface area contributed by atoms with Crippen LogP contribution < -0.4 is 10.6 Å². The summed E-state index contributed by atoms with van der Waals surface area (Å²) in [6, 6.07) is 12.9. The van der Waals surface area contributed by atoms with Gasteiger partial charge in [0.05, 0.1) is 4.88 Å². The maximum atomic E-state index is 11.9. The number of nitrogens with one attached hydrogen (secondary N) is 2. The van der Waals surface area contributed by atoms with Crippen LogP contribution in [0, 0.1) is 6.92 Å². The normalized spacial score (nSPS) is 10.3. The second-order valence-corrected chi connectivity index (χ2v) is 5.40. The maximum absolute atomic E-state index is 11.9. The van der Waals surface area contributed by atoms with Gasteiger partial charge in [-0.2, -0.15) is 0 Å². The van der Waals surface area contributed by atoms with Crippen molar-refractivity contribution in [3.8, 4) is 0 Å². The zero-order valence-electron chi connectivity index (χ0n) is 11.3. The van der Waals surface area contributed by atoms with E-state index in [0.29, 0.717) is 10.7 Å². The molecule has 0 aliphatic heterocycles. The van der Waals surface area contributed by atoms with Crippen LogP contribution in [-0.2, 0) is 0 Å². The summed E-state index contributed by atoms with van der Waals surface area (Å²) >= 11 is 1.41. The Balaban J connectivity index is 1.65. The average molecular weight is 299 g/mol. The van der Waals surface area contributed by atoms with Gasteiger partial charge in [-0.15, -0.1) is 11.3 Å². The quantitative estimate of drug-likeness (QED) is 0.763. The summed E-state index contributed by atoms with van der Waals surface area (Å²) in [4.78, 5) is 12.6. The highest BCUT2D eigenvalue weighted by molar-refractivity contribution is 7.12. The van der Waals surface area contributed by atoms with Crippen LogP contribution in [0.15, 0.2) is 52.4 Å². The average Bonchev–Trinajstić information content (AvgIpc) is 3.13. The van der Waals surface area contributed by atoms with E-state index in [1.54, 1.807) is 6.07 Å². The van der Waals surface area contributed by atoms with Gasteiger partial charge < -0.3 is 15.2 Å². The van der Waals surface area contributed by atoms with Crippen LogP contribution in [0.1, 0.15) is 15.4 Å². The lowest BCUT2D eigenvalue weighted by atomic mass is 10.2. The van der Waals surface area contributed by atoms with Crippen molar-refractivity contribution in [2.24, 2.45) is 0 Å². The van der Waals surface area contributed by atoms with E-state index in [1.807, 2.05) is 48.7 Å². The summed E-state index contributed by atoms with van der Waals surface area (Å²) in [5.41, 5.74) is 1.62. The van der Waals surface area contributed by atoms with Gasteiger partial charge in [0.2, 0.25) is 0 Å². The molecule has 2 aromatic heterocycles. The lowest BCUT2D eigenvalue weighted by molar-refractivity contribution is 0.103. The highest BCUT2D eigenvalue weighted by Crippen LogP contribution is 2.19. The summed E-state index contributed by atoms with van der Waals surface area (Å²) < 4.78 is 4.99. The molecule has 0 fully saturated rings. The van der Waals surface area contributed by atoms with E-state index in [-0.39, 0.29) is 5.91 Å². The van der Waals surface area contributed by atoms with Gasteiger partial charge in [-0.25, -0.2) is 0 Å². The van der Waals surface area contributed by atoms with Gasteiger partial charge in [0.15, 0.2) is 5.82 Å². The fourth-order valence-electron chi connectivity index (χ4n) is 1.81. The molecule has 2 heterocycles. The zero-order valence-corrected chi connectivity index (χ0v) is 12.1. The Hall–Kier alpha value is -2.60. The molecule has 0 aliphatic rings. The third kappa shape index (κ3) is 3.29. The molecule has 1 amide bonds. The Bertz CT molecular complexity index is 733. The monoisotopic (exact) mass is 299 g/mol. The van der Waals surface area contributed by atoms with Gasteiger partial charge in [0.25, 0.3) is 5.91 Å². The molecule has 2 N–H and O–H groups in total. The fraction of sp³-hybridized carbons (Fsp3) is 0.0667. The molecule has 0 saturated heterocycles. The van der Waals surface area contributed by atoms with Crippen LogP contribution in [0.2, 0.25) is 0 Å². The van der Waals surface area contributed by atoms with Gasteiger partial charge in [-0.1, -0.05) is 11.2 Å². The molecule has 0 unspecified atom stereocenters. The first-order chi connectivity index (χ1) is 10.2. The summed E-state index contributed by atoms with van der Waals surface area (Å²) in [6.07, 6.45) is 0. The Morgan fingerprint density at radius 1 is 1.19 bits per heavy atom. The van der Waals surface area contributed by atoms with E-state index in [2.05, 4.69) is 15.8 Å². The standard InChI is InChI=1S/C15H13N3O2S/c1-10-9-14(18-20-10)16-11-4-6-12(7-5-11)17-15(19)13-3-2-8-21-13/h2-9H,1H3,(H,16,18)(H,17,19). The number of rotatable bonds is 4. The number of aromatic nitrogens is 1. The van der Waals surface area contributed by atoms with Crippen molar-refractivity contribution in [3.63, 3.8) is 0 Å². The second kappa shape index (κ2) is 5.80. The largest absolute Gasteiger partial charge is 0.360 e. The number of hydrogen-bond acceptors (Lipinski definition) is 5. The number of hydrogen-bond donors (Lipinski definition) is 2. The highest BCUT2D eigenvalue weighted by atomic mass is 32.1. The van der Waals surface area contributed by atoms with Gasteiger partial charge in [0, 0.05) is 17.4 Å². The Kier molecular flexibility index (Phi) is 3.70. The number of benzene rings is 1.